The van der Waals surface area contributed by atoms with Gasteiger partial charge in [-0.05, 0) is 12.1 Å². The van der Waals surface area contributed by atoms with Crippen LogP contribution in [0, 0.1) is 0 Å². The van der Waals surface area contributed by atoms with E-state index in [9.17, 15) is 14.7 Å². The molecule has 1 aromatic carbocycles. The van der Waals surface area contributed by atoms with Gasteiger partial charge in [0.05, 0.1) is 11.1 Å². The number of rotatable bonds is 2. The van der Waals surface area contributed by atoms with E-state index in [-0.39, 0.29) is 17.7 Å². The third kappa shape index (κ3) is 1.71. The number of benzene rings is 1. The van der Waals surface area contributed by atoms with Crippen LogP contribution in [-0.2, 0) is 11.2 Å². The fourth-order valence-electron chi connectivity index (χ4n) is 1.30. The van der Waals surface area contributed by atoms with Crippen molar-refractivity contribution in [2.45, 2.75) is 6.42 Å². The van der Waals surface area contributed by atoms with E-state index in [4.69, 9.17) is 9.52 Å². The molecule has 0 fully saturated rings. The Labute approximate surface area is 87.2 Å². The lowest BCUT2D eigenvalue weighted by molar-refractivity contribution is -0.136. The van der Waals surface area contributed by atoms with Crippen LogP contribution >= 0.6 is 11.3 Å². The van der Waals surface area contributed by atoms with Crippen molar-refractivity contribution in [2.75, 3.05) is 0 Å². The Balaban J connectivity index is 2.72. The van der Waals surface area contributed by atoms with Gasteiger partial charge in [-0.2, -0.15) is 0 Å². The van der Waals surface area contributed by atoms with Crippen molar-refractivity contribution in [3.8, 4) is 5.75 Å². The molecule has 0 aliphatic carbocycles. The van der Waals surface area contributed by atoms with Crippen molar-refractivity contribution in [1.82, 2.24) is 0 Å². The summed E-state index contributed by atoms with van der Waals surface area (Å²) in [5.74, 6) is -1.21. The number of phenolic OH excluding ortho intramolecular Hbond substituents is 1. The monoisotopic (exact) mass is 226 g/mol. The molecule has 1 heterocycles. The molecule has 2 aromatic rings. The molecular formula is C9H6O5S. The van der Waals surface area contributed by atoms with Crippen molar-refractivity contribution in [3.05, 3.63) is 27.4 Å². The van der Waals surface area contributed by atoms with Gasteiger partial charge in [-0.1, -0.05) is 11.3 Å². The lowest BCUT2D eigenvalue weighted by Gasteiger charge is -2.00. The average molecular weight is 226 g/mol. The number of phenols is 1. The molecular weight excluding hydrogens is 220 g/mol. The quantitative estimate of drug-likeness (QED) is 0.802. The van der Waals surface area contributed by atoms with E-state index >= 15 is 0 Å². The standard InChI is InChI=1S/C9H6O5S/c10-5-1-2-6-8(15-9(13)14-6)4(5)3-7(11)12/h1-2,10H,3H2,(H,11,12). The maximum Gasteiger partial charge on any atom is 0.396 e. The summed E-state index contributed by atoms with van der Waals surface area (Å²) in [6.45, 7) is 0. The minimum absolute atomic E-state index is 0.137. The minimum atomic E-state index is -1.07. The van der Waals surface area contributed by atoms with E-state index in [2.05, 4.69) is 0 Å². The molecule has 15 heavy (non-hydrogen) atoms. The Morgan fingerprint density at radius 1 is 1.47 bits per heavy atom. The molecule has 78 valence electrons. The zero-order valence-corrected chi connectivity index (χ0v) is 8.21. The molecule has 2 N–H and O–H groups in total. The summed E-state index contributed by atoms with van der Waals surface area (Å²) in [6, 6.07) is 2.75. The number of hydrogen-bond acceptors (Lipinski definition) is 5. The predicted octanol–water partition coefficient (Wildman–Crippen LogP) is 1.19. The summed E-state index contributed by atoms with van der Waals surface area (Å²) in [4.78, 5) is 21.0. The lowest BCUT2D eigenvalue weighted by atomic mass is 10.1. The normalized spacial score (nSPS) is 10.7. The first kappa shape index (κ1) is 9.72. The number of carboxylic acids is 1. The van der Waals surface area contributed by atoms with Crippen molar-refractivity contribution < 1.29 is 19.4 Å². The van der Waals surface area contributed by atoms with Crippen molar-refractivity contribution in [1.29, 1.82) is 0 Å². The van der Waals surface area contributed by atoms with Gasteiger partial charge < -0.3 is 14.6 Å². The number of carboxylic acid groups (broad SMARTS) is 1. The summed E-state index contributed by atoms with van der Waals surface area (Å²) in [7, 11) is 0. The molecule has 0 aliphatic heterocycles. The summed E-state index contributed by atoms with van der Waals surface area (Å²) in [6.07, 6.45) is -0.335. The van der Waals surface area contributed by atoms with Crippen LogP contribution < -0.4 is 4.94 Å². The summed E-state index contributed by atoms with van der Waals surface area (Å²) in [5, 5.41) is 18.1. The first-order chi connectivity index (χ1) is 7.08. The van der Waals surface area contributed by atoms with E-state index in [1.165, 1.54) is 12.1 Å². The lowest BCUT2D eigenvalue weighted by Crippen LogP contribution is -2.00. The topological polar surface area (TPSA) is 87.7 Å². The highest BCUT2D eigenvalue weighted by Crippen LogP contribution is 2.29. The molecule has 0 aliphatic rings. The third-order valence-corrected chi connectivity index (χ3v) is 2.81. The van der Waals surface area contributed by atoms with Gasteiger partial charge in [0.25, 0.3) is 0 Å². The molecule has 0 saturated heterocycles. The van der Waals surface area contributed by atoms with Gasteiger partial charge >= 0.3 is 10.9 Å². The molecule has 5 nitrogen and oxygen atoms in total. The summed E-state index contributed by atoms with van der Waals surface area (Å²) in [5.41, 5.74) is 0.523. The fraction of sp³-hybridized carbons (Fsp3) is 0.111. The third-order valence-electron chi connectivity index (χ3n) is 1.91. The molecule has 6 heteroatoms. The van der Waals surface area contributed by atoms with Gasteiger partial charge in [-0.15, -0.1) is 0 Å². The van der Waals surface area contributed by atoms with Crippen LogP contribution in [0.5, 0.6) is 5.75 Å². The number of aromatic hydroxyl groups is 1. The highest BCUT2D eigenvalue weighted by atomic mass is 32.1. The van der Waals surface area contributed by atoms with E-state index < -0.39 is 10.9 Å². The largest absolute Gasteiger partial charge is 0.508 e. The van der Waals surface area contributed by atoms with Gasteiger partial charge in [-0.3, -0.25) is 4.79 Å². The second-order valence-corrected chi connectivity index (χ2v) is 3.86. The van der Waals surface area contributed by atoms with Gasteiger partial charge in [0, 0.05) is 5.56 Å². The summed E-state index contributed by atoms with van der Waals surface area (Å²) < 4.78 is 5.20. The maximum absolute atomic E-state index is 11.0. The van der Waals surface area contributed by atoms with Crippen LogP contribution in [0.2, 0.25) is 0 Å². The van der Waals surface area contributed by atoms with E-state index in [0.717, 1.165) is 11.3 Å². The molecule has 2 rings (SSSR count). The Hall–Kier alpha value is -1.82. The number of aliphatic carboxylic acids is 1. The average Bonchev–Trinajstić information content (AvgIpc) is 2.51. The highest BCUT2D eigenvalue weighted by Gasteiger charge is 2.14. The first-order valence-corrected chi connectivity index (χ1v) is 4.86. The van der Waals surface area contributed by atoms with E-state index in [0.29, 0.717) is 10.3 Å². The van der Waals surface area contributed by atoms with Gasteiger partial charge in [0.1, 0.15) is 11.3 Å². The van der Waals surface area contributed by atoms with Gasteiger partial charge in [0.15, 0.2) is 0 Å². The molecule has 0 amide bonds. The van der Waals surface area contributed by atoms with Crippen LogP contribution in [0.15, 0.2) is 21.3 Å². The predicted molar refractivity (Wildman–Crippen MR) is 53.4 cm³/mol. The fourth-order valence-corrected chi connectivity index (χ4v) is 2.11. The highest BCUT2D eigenvalue weighted by molar-refractivity contribution is 7.16. The van der Waals surface area contributed by atoms with Crippen molar-refractivity contribution in [3.63, 3.8) is 0 Å². The molecule has 0 unspecified atom stereocenters. The second-order valence-electron chi connectivity index (χ2n) is 2.92. The minimum Gasteiger partial charge on any atom is -0.508 e. The number of hydrogen-bond donors (Lipinski definition) is 2. The van der Waals surface area contributed by atoms with Crippen LogP contribution in [0.1, 0.15) is 5.56 Å². The van der Waals surface area contributed by atoms with Crippen LogP contribution in [0.4, 0.5) is 0 Å². The Kier molecular flexibility index (Phi) is 2.20. The number of carbonyl (C=O) groups is 1. The SMILES string of the molecule is O=C(O)Cc1c(O)ccc2oc(=O)sc12. The molecule has 0 atom stereocenters. The Morgan fingerprint density at radius 2 is 2.20 bits per heavy atom. The first-order valence-electron chi connectivity index (χ1n) is 4.04. The van der Waals surface area contributed by atoms with Crippen LogP contribution in [-0.4, -0.2) is 16.2 Å². The second kappa shape index (κ2) is 3.39. The van der Waals surface area contributed by atoms with E-state index in [1.54, 1.807) is 0 Å². The smallest absolute Gasteiger partial charge is 0.396 e. The van der Waals surface area contributed by atoms with Gasteiger partial charge in [-0.25, -0.2) is 4.79 Å². The van der Waals surface area contributed by atoms with Crippen LogP contribution in [0.25, 0.3) is 10.3 Å². The molecule has 1 aromatic heterocycles. The van der Waals surface area contributed by atoms with Crippen LogP contribution in [0.3, 0.4) is 0 Å². The Bertz CT molecular complexity index is 580. The molecule has 0 bridgehead atoms. The molecule has 0 spiro atoms. The maximum atomic E-state index is 11.0. The molecule has 0 radical (unpaired) electrons. The van der Waals surface area contributed by atoms with E-state index in [1.807, 2.05) is 0 Å². The number of fused-ring (bicyclic) bond motifs is 1. The zero-order valence-electron chi connectivity index (χ0n) is 7.39. The zero-order chi connectivity index (χ0) is 11.0. The van der Waals surface area contributed by atoms with Crippen molar-refractivity contribution >= 4 is 27.6 Å². The summed E-state index contributed by atoms with van der Waals surface area (Å²) >= 11 is 0.789. The van der Waals surface area contributed by atoms with Crippen molar-refractivity contribution in [2.24, 2.45) is 0 Å². The Morgan fingerprint density at radius 3 is 2.87 bits per heavy atom. The molecule has 0 saturated carbocycles. The van der Waals surface area contributed by atoms with Gasteiger partial charge in [0.2, 0.25) is 0 Å².